The minimum atomic E-state index is -3.70. The van der Waals surface area contributed by atoms with Gasteiger partial charge in [-0.1, -0.05) is 6.07 Å². The molecule has 21 heavy (non-hydrogen) atoms. The van der Waals surface area contributed by atoms with Crippen molar-refractivity contribution < 1.29 is 13.2 Å². The summed E-state index contributed by atoms with van der Waals surface area (Å²) in [5, 5.41) is 8.88. The van der Waals surface area contributed by atoms with E-state index in [2.05, 4.69) is 4.72 Å². The molecule has 0 fully saturated rings. The Bertz CT molecular complexity index is 808. The molecule has 0 saturated carbocycles. The maximum Gasteiger partial charge on any atom is 0.261 e. The van der Waals surface area contributed by atoms with Crippen LogP contribution in [-0.4, -0.2) is 15.5 Å². The highest BCUT2D eigenvalue weighted by Gasteiger charge is 2.15. The van der Waals surface area contributed by atoms with Crippen molar-refractivity contribution in [2.75, 3.05) is 11.8 Å². The van der Waals surface area contributed by atoms with Crippen LogP contribution in [0.25, 0.3) is 0 Å². The number of aryl methyl sites for hydroxylation is 1. The summed E-state index contributed by atoms with van der Waals surface area (Å²) in [6.45, 7) is 1.70. The normalized spacial score (nSPS) is 10.7. The molecular formula is C15H14N2O3S. The highest BCUT2D eigenvalue weighted by atomic mass is 32.2. The monoisotopic (exact) mass is 302 g/mol. The Balaban J connectivity index is 2.34. The summed E-state index contributed by atoms with van der Waals surface area (Å²) in [5.74, 6) is 0.561. The molecule has 2 aromatic rings. The van der Waals surface area contributed by atoms with Crippen molar-refractivity contribution in [2.24, 2.45) is 0 Å². The van der Waals surface area contributed by atoms with Gasteiger partial charge < -0.3 is 4.74 Å². The first-order chi connectivity index (χ1) is 9.96. The topological polar surface area (TPSA) is 79.2 Å². The average molecular weight is 302 g/mol. The maximum absolute atomic E-state index is 12.3. The van der Waals surface area contributed by atoms with Gasteiger partial charge in [0.15, 0.2) is 0 Å². The zero-order chi connectivity index (χ0) is 15.5. The smallest absolute Gasteiger partial charge is 0.261 e. The number of nitriles is 1. The van der Waals surface area contributed by atoms with Crippen LogP contribution in [0.2, 0.25) is 0 Å². The van der Waals surface area contributed by atoms with Crippen LogP contribution < -0.4 is 9.46 Å². The second-order valence-electron chi connectivity index (χ2n) is 4.43. The second kappa shape index (κ2) is 5.85. The Morgan fingerprint density at radius 1 is 1.19 bits per heavy atom. The van der Waals surface area contributed by atoms with Crippen LogP contribution >= 0.6 is 0 Å². The van der Waals surface area contributed by atoms with E-state index in [0.29, 0.717) is 22.6 Å². The summed E-state index contributed by atoms with van der Waals surface area (Å²) >= 11 is 0. The molecule has 6 heteroatoms. The molecule has 0 aromatic heterocycles. The standard InChI is InChI=1S/C15H14N2O3S/c1-11-8-15(7-6-12(11)10-16)21(18,19)17-13-4-3-5-14(9-13)20-2/h3-9,17H,1-2H3. The summed E-state index contributed by atoms with van der Waals surface area (Å²) in [6, 6.07) is 13.0. The quantitative estimate of drug-likeness (QED) is 0.941. The van der Waals surface area contributed by atoms with Gasteiger partial charge in [-0.2, -0.15) is 5.26 Å². The van der Waals surface area contributed by atoms with E-state index in [0.717, 1.165) is 0 Å². The fraction of sp³-hybridized carbons (Fsp3) is 0.133. The van der Waals surface area contributed by atoms with Gasteiger partial charge in [0, 0.05) is 6.07 Å². The highest BCUT2D eigenvalue weighted by Crippen LogP contribution is 2.21. The minimum absolute atomic E-state index is 0.113. The lowest BCUT2D eigenvalue weighted by Gasteiger charge is -2.10. The lowest BCUT2D eigenvalue weighted by atomic mass is 10.1. The molecule has 0 bridgehead atoms. The summed E-state index contributed by atoms with van der Waals surface area (Å²) in [5.41, 5.74) is 1.48. The molecule has 0 heterocycles. The van der Waals surface area contributed by atoms with Crippen LogP contribution in [0.5, 0.6) is 5.75 Å². The van der Waals surface area contributed by atoms with Crippen molar-refractivity contribution in [2.45, 2.75) is 11.8 Å². The molecule has 0 saturated heterocycles. The molecule has 2 aromatic carbocycles. The van der Waals surface area contributed by atoms with Crippen molar-refractivity contribution in [1.29, 1.82) is 5.26 Å². The molecule has 1 N–H and O–H groups in total. The van der Waals surface area contributed by atoms with E-state index in [1.807, 2.05) is 6.07 Å². The highest BCUT2D eigenvalue weighted by molar-refractivity contribution is 7.92. The van der Waals surface area contributed by atoms with Crippen molar-refractivity contribution >= 4 is 15.7 Å². The van der Waals surface area contributed by atoms with Crippen molar-refractivity contribution in [1.82, 2.24) is 0 Å². The summed E-state index contributed by atoms with van der Waals surface area (Å²) in [4.78, 5) is 0.113. The number of nitrogens with zero attached hydrogens (tertiary/aromatic N) is 1. The van der Waals surface area contributed by atoms with E-state index >= 15 is 0 Å². The molecule has 0 amide bonds. The third-order valence-electron chi connectivity index (χ3n) is 2.95. The number of benzene rings is 2. The molecule has 0 aliphatic heterocycles. The molecule has 108 valence electrons. The number of rotatable bonds is 4. The molecule has 0 atom stereocenters. The third kappa shape index (κ3) is 3.33. The van der Waals surface area contributed by atoms with Gasteiger partial charge in [-0.15, -0.1) is 0 Å². The average Bonchev–Trinajstić information content (AvgIpc) is 2.47. The summed E-state index contributed by atoms with van der Waals surface area (Å²) < 4.78 is 32.2. The number of hydrogen-bond acceptors (Lipinski definition) is 4. The predicted molar refractivity (Wildman–Crippen MR) is 79.7 cm³/mol. The molecule has 5 nitrogen and oxygen atoms in total. The number of hydrogen-bond donors (Lipinski definition) is 1. The fourth-order valence-electron chi connectivity index (χ4n) is 1.83. The second-order valence-corrected chi connectivity index (χ2v) is 6.11. The van der Waals surface area contributed by atoms with Crippen molar-refractivity contribution in [3.63, 3.8) is 0 Å². The third-order valence-corrected chi connectivity index (χ3v) is 4.33. The Labute approximate surface area is 123 Å². The summed E-state index contributed by atoms with van der Waals surface area (Å²) in [7, 11) is -2.19. The van der Waals surface area contributed by atoms with Gasteiger partial charge in [-0.25, -0.2) is 8.42 Å². The number of nitrogens with one attached hydrogen (secondary N) is 1. The number of anilines is 1. The molecule has 0 spiro atoms. The largest absolute Gasteiger partial charge is 0.497 e. The zero-order valence-corrected chi connectivity index (χ0v) is 12.4. The predicted octanol–water partition coefficient (Wildman–Crippen LogP) is 2.68. The van der Waals surface area contributed by atoms with Gasteiger partial charge in [0.2, 0.25) is 0 Å². The first-order valence-corrected chi connectivity index (χ1v) is 7.62. The van der Waals surface area contributed by atoms with Gasteiger partial charge in [0.25, 0.3) is 10.0 Å². The lowest BCUT2D eigenvalue weighted by molar-refractivity contribution is 0.415. The van der Waals surface area contributed by atoms with Crippen molar-refractivity contribution in [3.8, 4) is 11.8 Å². The minimum Gasteiger partial charge on any atom is -0.497 e. The Morgan fingerprint density at radius 3 is 2.57 bits per heavy atom. The number of ether oxygens (including phenoxy) is 1. The number of sulfonamides is 1. The van der Waals surface area contributed by atoms with Crippen LogP contribution in [0.1, 0.15) is 11.1 Å². The molecular weight excluding hydrogens is 288 g/mol. The van der Waals surface area contributed by atoms with Gasteiger partial charge in [-0.3, -0.25) is 4.72 Å². The lowest BCUT2D eigenvalue weighted by Crippen LogP contribution is -2.13. The Morgan fingerprint density at radius 2 is 1.95 bits per heavy atom. The van der Waals surface area contributed by atoms with E-state index in [1.54, 1.807) is 31.2 Å². The van der Waals surface area contributed by atoms with Crippen LogP contribution in [0.15, 0.2) is 47.4 Å². The molecule has 0 unspecified atom stereocenters. The Hall–Kier alpha value is -2.52. The molecule has 2 rings (SSSR count). The Kier molecular flexibility index (Phi) is 4.15. The molecule has 0 aliphatic rings. The van der Waals surface area contributed by atoms with Crippen LogP contribution in [0.3, 0.4) is 0 Å². The summed E-state index contributed by atoms with van der Waals surface area (Å²) in [6.07, 6.45) is 0. The van der Waals surface area contributed by atoms with E-state index in [4.69, 9.17) is 10.00 Å². The molecule has 0 aliphatic carbocycles. The van der Waals surface area contributed by atoms with Crippen LogP contribution in [-0.2, 0) is 10.0 Å². The zero-order valence-electron chi connectivity index (χ0n) is 11.6. The molecule has 0 radical (unpaired) electrons. The van der Waals surface area contributed by atoms with Crippen molar-refractivity contribution in [3.05, 3.63) is 53.6 Å². The van der Waals surface area contributed by atoms with Gasteiger partial charge in [0.05, 0.1) is 29.3 Å². The van der Waals surface area contributed by atoms with E-state index in [-0.39, 0.29) is 4.90 Å². The number of methoxy groups -OCH3 is 1. The maximum atomic E-state index is 12.3. The SMILES string of the molecule is COc1cccc(NS(=O)(=O)c2ccc(C#N)c(C)c2)c1. The van der Waals surface area contributed by atoms with E-state index < -0.39 is 10.0 Å². The first-order valence-electron chi connectivity index (χ1n) is 6.14. The first kappa shape index (κ1) is 14.9. The fourth-order valence-corrected chi connectivity index (χ4v) is 2.96. The van der Waals surface area contributed by atoms with Gasteiger partial charge in [0.1, 0.15) is 5.75 Å². The van der Waals surface area contributed by atoms with Gasteiger partial charge in [-0.05, 0) is 42.8 Å². The van der Waals surface area contributed by atoms with E-state index in [1.165, 1.54) is 25.3 Å². The van der Waals surface area contributed by atoms with Crippen LogP contribution in [0.4, 0.5) is 5.69 Å². The van der Waals surface area contributed by atoms with E-state index in [9.17, 15) is 8.42 Å². The van der Waals surface area contributed by atoms with Gasteiger partial charge >= 0.3 is 0 Å². The van der Waals surface area contributed by atoms with Crippen LogP contribution in [0, 0.1) is 18.3 Å².